The van der Waals surface area contributed by atoms with Crippen LogP contribution in [0.25, 0.3) is 0 Å². The molecule has 0 heterocycles. The minimum Gasteiger partial charge on any atom is -0.429 e. The monoisotopic (exact) mass is 276 g/mol. The Morgan fingerprint density at radius 2 is 1.68 bits per heavy atom. The van der Waals surface area contributed by atoms with Crippen LogP contribution >= 0.6 is 0 Å². The van der Waals surface area contributed by atoms with Crippen LogP contribution in [0.5, 0.6) is 0 Å². The molecule has 0 unspecified atom stereocenters. The van der Waals surface area contributed by atoms with E-state index in [1.54, 1.807) is 34.6 Å². The minimum absolute atomic E-state index is 0.0570. The van der Waals surface area contributed by atoms with Crippen molar-refractivity contribution in [2.24, 2.45) is 0 Å². The zero-order valence-corrected chi connectivity index (χ0v) is 12.0. The number of ether oxygens (including phenoxy) is 1. The molecule has 0 radical (unpaired) electrons. The van der Waals surface area contributed by atoms with Crippen molar-refractivity contribution in [3.05, 3.63) is 11.8 Å². The van der Waals surface area contributed by atoms with Gasteiger partial charge >= 0.3 is 12.1 Å². The second kappa shape index (κ2) is 7.63. The Morgan fingerprint density at radius 1 is 1.11 bits per heavy atom. The highest BCUT2D eigenvalue weighted by molar-refractivity contribution is 5.87. The van der Waals surface area contributed by atoms with Crippen LogP contribution in [0.4, 0.5) is 4.79 Å². The van der Waals surface area contributed by atoms with Crippen molar-refractivity contribution in [1.82, 2.24) is 0 Å². The molecule has 0 aromatic heterocycles. The predicted molar refractivity (Wildman–Crippen MR) is 64.5 cm³/mol. The number of carbonyl (C=O) groups excluding carboxylic acids is 2. The van der Waals surface area contributed by atoms with E-state index in [1.807, 2.05) is 0 Å². The predicted octanol–water partition coefficient (Wildman–Crippen LogP) is 2.66. The van der Waals surface area contributed by atoms with E-state index in [4.69, 9.17) is 9.78 Å². The molecular weight excluding hydrogens is 256 g/mol. The largest absolute Gasteiger partial charge is 0.550 e. The Labute approximate surface area is 112 Å². The van der Waals surface area contributed by atoms with Crippen LogP contribution in [-0.4, -0.2) is 23.8 Å². The van der Waals surface area contributed by atoms with Crippen LogP contribution in [0.2, 0.25) is 0 Å². The topological polar surface area (TPSA) is 80.3 Å². The van der Waals surface area contributed by atoms with Gasteiger partial charge in [0, 0.05) is 0 Å². The highest BCUT2D eigenvalue weighted by atomic mass is 17.2. The van der Waals surface area contributed by atoms with Crippen LogP contribution in [0.15, 0.2) is 11.8 Å². The minimum atomic E-state index is -1.09. The van der Waals surface area contributed by atoms with Crippen molar-refractivity contribution in [2.45, 2.75) is 53.2 Å². The second-order valence-electron chi connectivity index (χ2n) is 4.96. The van der Waals surface area contributed by atoms with Crippen LogP contribution in [0.3, 0.4) is 0 Å². The lowest BCUT2D eigenvalue weighted by atomic mass is 10.2. The molecule has 0 bridgehead atoms. The average Bonchev–Trinajstić information content (AvgIpc) is 2.22. The highest BCUT2D eigenvalue weighted by Gasteiger charge is 2.15. The van der Waals surface area contributed by atoms with Gasteiger partial charge in [-0.2, -0.15) is 9.68 Å². The van der Waals surface area contributed by atoms with Gasteiger partial charge < -0.3 is 9.62 Å². The molecule has 0 aliphatic carbocycles. The molecule has 0 amide bonds. The Morgan fingerprint density at radius 3 is 2.16 bits per heavy atom. The molecule has 0 aliphatic heterocycles. The third kappa shape index (κ3) is 9.90. The number of carbonyl (C=O) groups is 2. The van der Waals surface area contributed by atoms with E-state index >= 15 is 0 Å². The quantitative estimate of drug-likeness (QED) is 0.257. The average molecular weight is 276 g/mol. The first-order chi connectivity index (χ1) is 8.61. The van der Waals surface area contributed by atoms with Crippen LogP contribution in [0, 0.1) is 0 Å². The Balaban J connectivity index is 4.06. The Bertz CT molecular complexity index is 338. The van der Waals surface area contributed by atoms with Crippen molar-refractivity contribution in [2.75, 3.05) is 0 Å². The van der Waals surface area contributed by atoms with Crippen LogP contribution < -0.4 is 0 Å². The third-order valence-electron chi connectivity index (χ3n) is 1.36. The summed E-state index contributed by atoms with van der Waals surface area (Å²) < 4.78 is 4.59. The van der Waals surface area contributed by atoms with Crippen molar-refractivity contribution in [3.63, 3.8) is 0 Å². The van der Waals surface area contributed by atoms with E-state index in [0.29, 0.717) is 0 Å². The fraction of sp³-hybridized carbons (Fsp3) is 0.667. The lowest BCUT2D eigenvalue weighted by molar-refractivity contribution is -0.311. The molecule has 19 heavy (non-hydrogen) atoms. The van der Waals surface area contributed by atoms with Gasteiger partial charge in [0.1, 0.15) is 11.9 Å². The van der Waals surface area contributed by atoms with E-state index in [1.165, 1.54) is 6.92 Å². The van der Waals surface area contributed by atoms with Gasteiger partial charge in [-0.3, -0.25) is 0 Å². The maximum Gasteiger partial charge on any atom is 0.550 e. The first kappa shape index (κ1) is 17.2. The lowest BCUT2D eigenvalue weighted by Crippen LogP contribution is -2.19. The van der Waals surface area contributed by atoms with Gasteiger partial charge in [-0.15, -0.1) is 0 Å². The molecule has 0 rings (SSSR count). The molecule has 7 heteroatoms. The molecule has 0 aromatic carbocycles. The SMILES string of the molecule is CC(=COOC(C)(C)C)C(=O)OOC(=O)OC(C)C. The maximum absolute atomic E-state index is 11.3. The summed E-state index contributed by atoms with van der Waals surface area (Å²) in [6, 6.07) is 0. The van der Waals surface area contributed by atoms with Crippen LogP contribution in [0.1, 0.15) is 41.5 Å². The van der Waals surface area contributed by atoms with Crippen molar-refractivity contribution in [3.8, 4) is 0 Å². The van der Waals surface area contributed by atoms with E-state index < -0.39 is 17.7 Å². The van der Waals surface area contributed by atoms with Crippen molar-refractivity contribution < 1.29 is 33.9 Å². The molecule has 0 N–H and O–H groups in total. The number of hydrogen-bond acceptors (Lipinski definition) is 7. The fourth-order valence-corrected chi connectivity index (χ4v) is 0.638. The van der Waals surface area contributed by atoms with Gasteiger partial charge in [0.05, 0.1) is 11.7 Å². The Hall–Kier alpha value is -1.76. The standard InChI is InChI=1S/C12H20O7/c1-8(2)16-11(14)18-17-10(13)9(3)7-15-19-12(4,5)6/h7-8H,1-6H3. The maximum atomic E-state index is 11.3. The van der Waals surface area contributed by atoms with Gasteiger partial charge in [0.25, 0.3) is 0 Å². The highest BCUT2D eigenvalue weighted by Crippen LogP contribution is 2.08. The van der Waals surface area contributed by atoms with E-state index in [0.717, 1.165) is 6.26 Å². The summed E-state index contributed by atoms with van der Waals surface area (Å²) in [4.78, 5) is 40.3. The molecule has 110 valence electrons. The zero-order chi connectivity index (χ0) is 15.1. The zero-order valence-electron chi connectivity index (χ0n) is 12.0. The normalized spacial score (nSPS) is 12.1. The molecule has 0 saturated carbocycles. The van der Waals surface area contributed by atoms with Gasteiger partial charge in [-0.25, -0.2) is 14.6 Å². The van der Waals surface area contributed by atoms with E-state index in [2.05, 4.69) is 14.5 Å². The lowest BCUT2D eigenvalue weighted by Gasteiger charge is -2.15. The van der Waals surface area contributed by atoms with Gasteiger partial charge in [0.2, 0.25) is 0 Å². The molecule has 0 saturated heterocycles. The van der Waals surface area contributed by atoms with Gasteiger partial charge in [-0.1, -0.05) is 0 Å². The third-order valence-corrected chi connectivity index (χ3v) is 1.36. The number of hydrogen-bond donors (Lipinski definition) is 0. The summed E-state index contributed by atoms with van der Waals surface area (Å²) in [5, 5.41) is 0. The van der Waals surface area contributed by atoms with Gasteiger partial charge in [-0.05, 0) is 41.5 Å². The smallest absolute Gasteiger partial charge is 0.429 e. The summed E-state index contributed by atoms with van der Waals surface area (Å²) >= 11 is 0. The van der Waals surface area contributed by atoms with Crippen LogP contribution in [-0.2, 0) is 29.1 Å². The molecule has 0 aliphatic rings. The molecule has 0 fully saturated rings. The van der Waals surface area contributed by atoms with E-state index in [9.17, 15) is 9.59 Å². The molecule has 7 nitrogen and oxygen atoms in total. The summed E-state index contributed by atoms with van der Waals surface area (Å²) in [7, 11) is 0. The summed E-state index contributed by atoms with van der Waals surface area (Å²) in [5.74, 6) is -0.891. The van der Waals surface area contributed by atoms with E-state index in [-0.39, 0.29) is 11.7 Å². The first-order valence-corrected chi connectivity index (χ1v) is 5.72. The van der Waals surface area contributed by atoms with Crippen molar-refractivity contribution in [1.29, 1.82) is 0 Å². The number of rotatable bonds is 4. The second-order valence-corrected chi connectivity index (χ2v) is 4.96. The first-order valence-electron chi connectivity index (χ1n) is 5.72. The van der Waals surface area contributed by atoms with Gasteiger partial charge in [0.15, 0.2) is 0 Å². The Kier molecular flexibility index (Phi) is 6.92. The molecule has 0 spiro atoms. The van der Waals surface area contributed by atoms with Crippen molar-refractivity contribution >= 4 is 12.1 Å². The molecular formula is C12H20O7. The summed E-state index contributed by atoms with van der Waals surface area (Å²) in [6.45, 7) is 10.0. The molecule has 0 aromatic rings. The fourth-order valence-electron chi connectivity index (χ4n) is 0.638. The summed E-state index contributed by atoms with van der Waals surface area (Å²) in [5.41, 5.74) is -0.459. The summed E-state index contributed by atoms with van der Waals surface area (Å²) in [6.07, 6.45) is -0.417. The molecule has 0 atom stereocenters.